The minimum Gasteiger partial charge on any atom is -0.338 e. The fraction of sp³-hybridized carbons (Fsp3) is 0.462. The summed E-state index contributed by atoms with van der Waals surface area (Å²) >= 11 is 4.15. The first-order valence-corrected chi connectivity index (χ1v) is 6.58. The van der Waals surface area contributed by atoms with E-state index in [1.54, 1.807) is 11.0 Å². The van der Waals surface area contributed by atoms with Crippen LogP contribution in [-0.4, -0.2) is 23.1 Å². The van der Waals surface area contributed by atoms with Crippen LogP contribution in [-0.2, 0) is 17.5 Å². The lowest BCUT2D eigenvalue weighted by molar-refractivity contribution is -0.137. The normalized spacial score (nSPS) is 20.1. The van der Waals surface area contributed by atoms with E-state index in [4.69, 9.17) is 0 Å². The van der Waals surface area contributed by atoms with E-state index in [0.717, 1.165) is 12.1 Å². The molecule has 1 aliphatic rings. The highest BCUT2D eigenvalue weighted by atomic mass is 32.1. The van der Waals surface area contributed by atoms with Crippen LogP contribution in [0, 0.1) is 5.92 Å². The van der Waals surface area contributed by atoms with Crippen LogP contribution in [0.4, 0.5) is 13.2 Å². The van der Waals surface area contributed by atoms with E-state index < -0.39 is 11.7 Å². The number of benzene rings is 1. The fourth-order valence-electron chi connectivity index (χ4n) is 2.20. The number of hydrogen-bond donors (Lipinski definition) is 1. The zero-order valence-electron chi connectivity index (χ0n) is 10.2. The van der Waals surface area contributed by atoms with Gasteiger partial charge in [-0.25, -0.2) is 0 Å². The standard InChI is InChI=1S/C13H14F3NOS/c14-13(15,16)11-3-1-2-9(4-11)6-17-7-10(8-19)5-12(17)18/h1-4,10,19H,5-8H2. The van der Waals surface area contributed by atoms with Gasteiger partial charge in [-0.15, -0.1) is 0 Å². The molecule has 19 heavy (non-hydrogen) atoms. The van der Waals surface area contributed by atoms with Crippen molar-refractivity contribution < 1.29 is 18.0 Å². The summed E-state index contributed by atoms with van der Waals surface area (Å²) in [6, 6.07) is 5.11. The van der Waals surface area contributed by atoms with Crippen LogP contribution < -0.4 is 0 Å². The maximum absolute atomic E-state index is 12.6. The van der Waals surface area contributed by atoms with Crippen LogP contribution in [0.5, 0.6) is 0 Å². The summed E-state index contributed by atoms with van der Waals surface area (Å²) in [4.78, 5) is 13.3. The SMILES string of the molecule is O=C1CC(CS)CN1Cc1cccc(C(F)(F)F)c1. The molecule has 0 N–H and O–H groups in total. The van der Waals surface area contributed by atoms with Gasteiger partial charge in [0.1, 0.15) is 0 Å². The lowest BCUT2D eigenvalue weighted by Gasteiger charge is -2.17. The Morgan fingerprint density at radius 1 is 1.37 bits per heavy atom. The minimum atomic E-state index is -4.35. The van der Waals surface area contributed by atoms with Gasteiger partial charge >= 0.3 is 6.18 Å². The Hall–Kier alpha value is -1.17. The van der Waals surface area contributed by atoms with Gasteiger partial charge in [0.2, 0.25) is 5.91 Å². The number of nitrogens with zero attached hydrogens (tertiary/aromatic N) is 1. The molecule has 0 bridgehead atoms. The van der Waals surface area contributed by atoms with Crippen molar-refractivity contribution in [1.29, 1.82) is 0 Å². The number of thiol groups is 1. The molecule has 1 unspecified atom stereocenters. The van der Waals surface area contributed by atoms with Crippen molar-refractivity contribution in [2.75, 3.05) is 12.3 Å². The van der Waals surface area contributed by atoms with E-state index in [2.05, 4.69) is 12.6 Å². The first-order chi connectivity index (χ1) is 8.90. The number of carbonyl (C=O) groups excluding carboxylic acids is 1. The van der Waals surface area contributed by atoms with Crippen molar-refractivity contribution in [3.8, 4) is 0 Å². The number of alkyl halides is 3. The average molecular weight is 289 g/mol. The van der Waals surface area contributed by atoms with Gasteiger partial charge in [0.05, 0.1) is 5.56 Å². The summed E-state index contributed by atoms with van der Waals surface area (Å²) in [5.74, 6) is 0.795. The molecule has 0 aromatic heterocycles. The molecule has 6 heteroatoms. The molecule has 1 atom stereocenters. The Bertz CT molecular complexity index is 475. The van der Waals surface area contributed by atoms with Gasteiger partial charge in [-0.05, 0) is 29.4 Å². The van der Waals surface area contributed by atoms with Crippen molar-refractivity contribution in [1.82, 2.24) is 4.90 Å². The minimum absolute atomic E-state index is 0.0172. The highest BCUT2D eigenvalue weighted by Gasteiger charge is 2.31. The molecule has 104 valence electrons. The van der Waals surface area contributed by atoms with Gasteiger partial charge < -0.3 is 4.90 Å². The van der Waals surface area contributed by atoms with Crippen LogP contribution in [0.2, 0.25) is 0 Å². The summed E-state index contributed by atoms with van der Waals surface area (Å²) in [6.07, 6.45) is -3.92. The van der Waals surface area contributed by atoms with Gasteiger partial charge in [-0.1, -0.05) is 12.1 Å². The molecule has 1 aliphatic heterocycles. The molecule has 1 heterocycles. The molecule has 1 aromatic rings. The quantitative estimate of drug-likeness (QED) is 0.848. The van der Waals surface area contributed by atoms with Crippen LogP contribution >= 0.6 is 12.6 Å². The van der Waals surface area contributed by atoms with Crippen LogP contribution in [0.3, 0.4) is 0 Å². The van der Waals surface area contributed by atoms with Crippen molar-refractivity contribution in [2.45, 2.75) is 19.1 Å². The second-order valence-corrected chi connectivity index (χ2v) is 5.09. The van der Waals surface area contributed by atoms with E-state index in [1.807, 2.05) is 0 Å². The number of hydrogen-bond acceptors (Lipinski definition) is 2. The molecule has 2 nitrogen and oxygen atoms in total. The fourth-order valence-corrected chi connectivity index (χ4v) is 2.44. The average Bonchev–Trinajstić information content (AvgIpc) is 2.70. The molecule has 0 saturated carbocycles. The smallest absolute Gasteiger partial charge is 0.338 e. The Morgan fingerprint density at radius 3 is 2.68 bits per heavy atom. The highest BCUT2D eigenvalue weighted by Crippen LogP contribution is 2.30. The predicted molar refractivity (Wildman–Crippen MR) is 68.8 cm³/mol. The first-order valence-electron chi connectivity index (χ1n) is 5.95. The van der Waals surface area contributed by atoms with E-state index in [0.29, 0.717) is 24.3 Å². The van der Waals surface area contributed by atoms with Crippen LogP contribution in [0.15, 0.2) is 24.3 Å². The number of carbonyl (C=O) groups is 1. The van der Waals surface area contributed by atoms with Crippen molar-refractivity contribution in [3.05, 3.63) is 35.4 Å². The third-order valence-corrected chi connectivity index (χ3v) is 3.70. The number of likely N-dealkylation sites (tertiary alicyclic amines) is 1. The molecular formula is C13H14F3NOS. The van der Waals surface area contributed by atoms with E-state index in [-0.39, 0.29) is 18.4 Å². The number of rotatable bonds is 3. The molecule has 0 spiro atoms. The number of amides is 1. The van der Waals surface area contributed by atoms with Crippen LogP contribution in [0.25, 0.3) is 0 Å². The van der Waals surface area contributed by atoms with Crippen LogP contribution in [0.1, 0.15) is 17.5 Å². The van der Waals surface area contributed by atoms with E-state index in [9.17, 15) is 18.0 Å². The zero-order chi connectivity index (χ0) is 14.0. The van der Waals surface area contributed by atoms with Gasteiger partial charge in [0.15, 0.2) is 0 Å². The van der Waals surface area contributed by atoms with E-state index in [1.165, 1.54) is 6.07 Å². The summed E-state index contributed by atoms with van der Waals surface area (Å²) in [6.45, 7) is 0.797. The first kappa shape index (κ1) is 14.2. The molecule has 0 aliphatic carbocycles. The summed E-state index contributed by atoms with van der Waals surface area (Å²) in [5.41, 5.74) is -0.176. The van der Waals surface area contributed by atoms with Crippen molar-refractivity contribution >= 4 is 18.5 Å². The molecule has 1 amide bonds. The largest absolute Gasteiger partial charge is 0.416 e. The third-order valence-electron chi connectivity index (χ3n) is 3.18. The Labute approximate surface area is 115 Å². The molecule has 1 saturated heterocycles. The van der Waals surface area contributed by atoms with E-state index >= 15 is 0 Å². The highest BCUT2D eigenvalue weighted by molar-refractivity contribution is 7.80. The monoisotopic (exact) mass is 289 g/mol. The Morgan fingerprint density at radius 2 is 2.11 bits per heavy atom. The van der Waals surface area contributed by atoms with Gasteiger partial charge in [0.25, 0.3) is 0 Å². The summed E-state index contributed by atoms with van der Waals surface area (Å²) in [5, 5.41) is 0. The third kappa shape index (κ3) is 3.43. The number of halogens is 3. The molecule has 2 rings (SSSR count). The summed E-state index contributed by atoms with van der Waals surface area (Å²) < 4.78 is 37.8. The molecule has 0 radical (unpaired) electrons. The lowest BCUT2D eigenvalue weighted by atomic mass is 10.1. The lowest BCUT2D eigenvalue weighted by Crippen LogP contribution is -2.25. The second-order valence-electron chi connectivity index (χ2n) is 4.73. The van der Waals surface area contributed by atoms with Crippen molar-refractivity contribution in [2.24, 2.45) is 5.92 Å². The zero-order valence-corrected chi connectivity index (χ0v) is 11.0. The molecule has 1 fully saturated rings. The molecule has 1 aromatic carbocycles. The molecular weight excluding hydrogens is 275 g/mol. The Kier molecular flexibility index (Phi) is 4.08. The van der Waals surface area contributed by atoms with Crippen molar-refractivity contribution in [3.63, 3.8) is 0 Å². The maximum Gasteiger partial charge on any atom is 0.416 e. The topological polar surface area (TPSA) is 20.3 Å². The van der Waals surface area contributed by atoms with Gasteiger partial charge in [-0.3, -0.25) is 4.79 Å². The predicted octanol–water partition coefficient (Wildman–Crippen LogP) is 2.98. The van der Waals surface area contributed by atoms with Gasteiger partial charge in [0, 0.05) is 19.5 Å². The second kappa shape index (κ2) is 5.45. The van der Waals surface area contributed by atoms with Gasteiger partial charge in [-0.2, -0.15) is 25.8 Å². The summed E-state index contributed by atoms with van der Waals surface area (Å²) in [7, 11) is 0. The Balaban J connectivity index is 2.10. The maximum atomic E-state index is 12.6.